The molecule has 0 aliphatic carbocycles. The Kier molecular flexibility index (Phi) is 4.92. The highest BCUT2D eigenvalue weighted by Crippen LogP contribution is 2.31. The van der Waals surface area contributed by atoms with E-state index in [4.69, 9.17) is 0 Å². The molecule has 3 aromatic carbocycles. The van der Waals surface area contributed by atoms with Gasteiger partial charge in [-0.25, -0.2) is 0 Å². The predicted molar refractivity (Wildman–Crippen MR) is 98.5 cm³/mol. The zero-order chi connectivity index (χ0) is 16.0. The molecule has 0 radical (unpaired) electrons. The summed E-state index contributed by atoms with van der Waals surface area (Å²) in [6.45, 7) is 2.42. The predicted octanol–water partition coefficient (Wildman–Crippen LogP) is 5.72. The molecular formula is C23H24. The Labute approximate surface area is 139 Å². The van der Waals surface area contributed by atoms with Crippen LogP contribution in [0.4, 0.5) is 0 Å². The molecule has 0 nitrogen and oxygen atoms in total. The van der Waals surface area contributed by atoms with Gasteiger partial charge in [-0.15, -0.1) is 0 Å². The zero-order valence-corrected chi connectivity index (χ0v) is 13.8. The lowest BCUT2D eigenvalue weighted by Gasteiger charge is -2.30. The Bertz CT molecular complexity index is 597. The van der Waals surface area contributed by atoms with Crippen molar-refractivity contribution in [1.29, 1.82) is 0 Å². The summed E-state index contributed by atoms with van der Waals surface area (Å²) in [4.78, 5) is 0. The summed E-state index contributed by atoms with van der Waals surface area (Å²) in [6.07, 6.45) is 3.28. The molecule has 0 fully saturated rings. The fraction of sp³-hybridized carbons (Fsp3) is 0.217. The second kappa shape index (κ2) is 7.28. The van der Waals surface area contributed by atoms with Crippen molar-refractivity contribution in [3.8, 4) is 0 Å². The third-order valence-corrected chi connectivity index (χ3v) is 4.42. The van der Waals surface area contributed by atoms with Crippen LogP contribution in [0.15, 0.2) is 91.0 Å². The van der Waals surface area contributed by atoms with Gasteiger partial charge in [-0.1, -0.05) is 97.9 Å². The lowest BCUT2D eigenvalue weighted by molar-refractivity contribution is 0.316. The van der Waals surface area contributed by atoms with E-state index in [-0.39, 0.29) is 5.41 Å². The van der Waals surface area contributed by atoms with E-state index < -0.39 is 0 Å². The molecule has 0 saturated heterocycles. The van der Waals surface area contributed by atoms with Crippen molar-refractivity contribution < 1.29 is 0 Å². The van der Waals surface area contributed by atoms with Gasteiger partial charge < -0.3 is 0 Å². The molecule has 0 heterocycles. The topological polar surface area (TPSA) is 0 Å². The molecule has 3 rings (SSSR count). The van der Waals surface area contributed by atoms with Crippen LogP contribution in [0.2, 0.25) is 0 Å². The van der Waals surface area contributed by atoms with Gasteiger partial charge in [0.25, 0.3) is 0 Å². The first-order valence-corrected chi connectivity index (χ1v) is 8.35. The summed E-state index contributed by atoms with van der Waals surface area (Å²) in [7, 11) is 0. The van der Waals surface area contributed by atoms with Crippen LogP contribution < -0.4 is 0 Å². The van der Waals surface area contributed by atoms with Crippen molar-refractivity contribution in [1.82, 2.24) is 0 Å². The standard InChI is InChI=1S/C23H24/c1-23(17-20-11-5-2-6-12-20,18-21-13-7-3-8-14-21)19-22-15-9-4-10-16-22/h2-16H,17-19H2,1H3. The number of rotatable bonds is 6. The van der Waals surface area contributed by atoms with Crippen molar-refractivity contribution in [3.63, 3.8) is 0 Å². The van der Waals surface area contributed by atoms with E-state index in [0.717, 1.165) is 19.3 Å². The molecule has 0 atom stereocenters. The van der Waals surface area contributed by atoms with Crippen molar-refractivity contribution in [2.75, 3.05) is 0 Å². The summed E-state index contributed by atoms with van der Waals surface area (Å²) in [5.74, 6) is 0. The van der Waals surface area contributed by atoms with Crippen LogP contribution in [0.5, 0.6) is 0 Å². The maximum atomic E-state index is 2.42. The lowest BCUT2D eigenvalue weighted by atomic mass is 9.74. The molecule has 0 aliphatic rings. The first-order chi connectivity index (χ1) is 11.2. The Hall–Kier alpha value is -2.34. The lowest BCUT2D eigenvalue weighted by Crippen LogP contribution is -2.25. The van der Waals surface area contributed by atoms with Gasteiger partial charge in [0.2, 0.25) is 0 Å². The molecule has 0 spiro atoms. The van der Waals surface area contributed by atoms with Crippen LogP contribution in [0.25, 0.3) is 0 Å². The maximum absolute atomic E-state index is 2.42. The van der Waals surface area contributed by atoms with Gasteiger partial charge >= 0.3 is 0 Å². The number of hydrogen-bond acceptors (Lipinski definition) is 0. The maximum Gasteiger partial charge on any atom is -0.0205 e. The summed E-state index contributed by atoms with van der Waals surface area (Å²) >= 11 is 0. The Morgan fingerprint density at radius 3 is 1.00 bits per heavy atom. The molecule has 116 valence electrons. The van der Waals surface area contributed by atoms with Gasteiger partial charge in [0, 0.05) is 0 Å². The molecule has 0 unspecified atom stereocenters. The summed E-state index contributed by atoms with van der Waals surface area (Å²) in [6, 6.07) is 32.6. The molecular weight excluding hydrogens is 276 g/mol. The van der Waals surface area contributed by atoms with Crippen molar-refractivity contribution in [2.24, 2.45) is 5.41 Å². The minimum atomic E-state index is 0.212. The second-order valence-corrected chi connectivity index (χ2v) is 6.80. The normalized spacial score (nSPS) is 11.3. The van der Waals surface area contributed by atoms with E-state index in [1.54, 1.807) is 0 Å². The van der Waals surface area contributed by atoms with Gasteiger partial charge in [0.15, 0.2) is 0 Å². The Balaban J connectivity index is 1.85. The molecule has 0 bridgehead atoms. The summed E-state index contributed by atoms with van der Waals surface area (Å²) in [5, 5.41) is 0. The van der Waals surface area contributed by atoms with E-state index in [0.29, 0.717) is 0 Å². The fourth-order valence-corrected chi connectivity index (χ4v) is 3.45. The highest BCUT2D eigenvalue weighted by molar-refractivity contribution is 5.23. The van der Waals surface area contributed by atoms with Crippen molar-refractivity contribution >= 4 is 0 Å². The smallest absolute Gasteiger partial charge is 0.0205 e. The van der Waals surface area contributed by atoms with Crippen LogP contribution >= 0.6 is 0 Å². The highest BCUT2D eigenvalue weighted by atomic mass is 14.3. The molecule has 0 saturated carbocycles. The molecule has 3 aromatic rings. The van der Waals surface area contributed by atoms with Gasteiger partial charge in [-0.2, -0.15) is 0 Å². The number of hydrogen-bond donors (Lipinski definition) is 0. The second-order valence-electron chi connectivity index (χ2n) is 6.80. The molecule has 0 aromatic heterocycles. The SMILES string of the molecule is CC(Cc1ccccc1)(Cc1ccccc1)Cc1ccccc1. The summed E-state index contributed by atoms with van der Waals surface area (Å²) in [5.41, 5.74) is 4.47. The van der Waals surface area contributed by atoms with Gasteiger partial charge in [-0.3, -0.25) is 0 Å². The molecule has 23 heavy (non-hydrogen) atoms. The van der Waals surface area contributed by atoms with Gasteiger partial charge in [-0.05, 0) is 41.4 Å². The molecule has 0 N–H and O–H groups in total. The third-order valence-electron chi connectivity index (χ3n) is 4.42. The third kappa shape index (κ3) is 4.56. The monoisotopic (exact) mass is 300 g/mol. The van der Waals surface area contributed by atoms with E-state index in [1.807, 2.05) is 0 Å². The summed E-state index contributed by atoms with van der Waals surface area (Å²) < 4.78 is 0. The van der Waals surface area contributed by atoms with Crippen molar-refractivity contribution in [2.45, 2.75) is 26.2 Å². The van der Waals surface area contributed by atoms with Gasteiger partial charge in [0.05, 0.1) is 0 Å². The van der Waals surface area contributed by atoms with E-state index in [9.17, 15) is 0 Å². The van der Waals surface area contributed by atoms with E-state index in [2.05, 4.69) is 97.9 Å². The average molecular weight is 300 g/mol. The van der Waals surface area contributed by atoms with Crippen molar-refractivity contribution in [3.05, 3.63) is 108 Å². The largest absolute Gasteiger partial charge is 0.0622 e. The number of benzene rings is 3. The van der Waals surface area contributed by atoms with Crippen LogP contribution in [0.1, 0.15) is 23.6 Å². The van der Waals surface area contributed by atoms with Crippen LogP contribution in [-0.2, 0) is 19.3 Å². The Morgan fingerprint density at radius 1 is 0.478 bits per heavy atom. The van der Waals surface area contributed by atoms with E-state index >= 15 is 0 Å². The quantitative estimate of drug-likeness (QED) is 0.546. The fourth-order valence-electron chi connectivity index (χ4n) is 3.45. The van der Waals surface area contributed by atoms with Crippen LogP contribution in [0.3, 0.4) is 0 Å². The molecule has 0 heteroatoms. The highest BCUT2D eigenvalue weighted by Gasteiger charge is 2.25. The minimum Gasteiger partial charge on any atom is -0.0622 e. The Morgan fingerprint density at radius 2 is 0.739 bits per heavy atom. The van der Waals surface area contributed by atoms with Gasteiger partial charge in [0.1, 0.15) is 0 Å². The first kappa shape index (κ1) is 15.6. The first-order valence-electron chi connectivity index (χ1n) is 8.35. The molecule has 0 aliphatic heterocycles. The van der Waals surface area contributed by atoms with E-state index in [1.165, 1.54) is 16.7 Å². The van der Waals surface area contributed by atoms with Crippen LogP contribution in [0, 0.1) is 5.41 Å². The van der Waals surface area contributed by atoms with Crippen LogP contribution in [-0.4, -0.2) is 0 Å². The minimum absolute atomic E-state index is 0.212. The molecule has 0 amide bonds. The zero-order valence-electron chi connectivity index (χ0n) is 13.8. The average Bonchev–Trinajstić information content (AvgIpc) is 2.57.